The van der Waals surface area contributed by atoms with E-state index in [1.165, 1.54) is 11.8 Å². The lowest BCUT2D eigenvalue weighted by atomic mass is 9.98. The Kier molecular flexibility index (Phi) is 4.98. The Hall–Kier alpha value is -2.59. The van der Waals surface area contributed by atoms with Crippen LogP contribution in [-0.4, -0.2) is 34.1 Å². The Labute approximate surface area is 168 Å². The SMILES string of the molecule is CC(C#N)(NC(=O)CSc1cc(C(=O)NC2CC2)c2ccccc2n1)C1CC1. The van der Waals surface area contributed by atoms with Gasteiger partial charge in [0.1, 0.15) is 5.54 Å². The van der Waals surface area contributed by atoms with Gasteiger partial charge in [-0.1, -0.05) is 30.0 Å². The van der Waals surface area contributed by atoms with Gasteiger partial charge < -0.3 is 10.6 Å². The molecular weight excluding hydrogens is 372 g/mol. The smallest absolute Gasteiger partial charge is 0.252 e. The monoisotopic (exact) mass is 394 g/mol. The lowest BCUT2D eigenvalue weighted by molar-refractivity contribution is -0.119. The molecule has 1 atom stereocenters. The Morgan fingerprint density at radius 3 is 2.71 bits per heavy atom. The van der Waals surface area contributed by atoms with Gasteiger partial charge in [-0.3, -0.25) is 9.59 Å². The minimum Gasteiger partial charge on any atom is -0.349 e. The van der Waals surface area contributed by atoms with Gasteiger partial charge in [-0.25, -0.2) is 4.98 Å². The maximum atomic E-state index is 12.6. The van der Waals surface area contributed by atoms with Crippen molar-refractivity contribution in [1.29, 1.82) is 5.26 Å². The van der Waals surface area contributed by atoms with Crippen LogP contribution in [0.4, 0.5) is 0 Å². The highest BCUT2D eigenvalue weighted by Gasteiger charge is 2.42. The minimum atomic E-state index is -0.802. The van der Waals surface area contributed by atoms with E-state index < -0.39 is 5.54 Å². The van der Waals surface area contributed by atoms with Gasteiger partial charge in [0.15, 0.2) is 0 Å². The number of benzene rings is 1. The average Bonchev–Trinajstić information content (AvgIpc) is 3.59. The summed E-state index contributed by atoms with van der Waals surface area (Å²) in [6.45, 7) is 1.78. The van der Waals surface area contributed by atoms with Gasteiger partial charge in [-0.2, -0.15) is 5.26 Å². The number of nitriles is 1. The van der Waals surface area contributed by atoms with Crippen LogP contribution in [0.5, 0.6) is 0 Å². The molecule has 1 aromatic heterocycles. The number of amides is 2. The third-order valence-corrected chi connectivity index (χ3v) is 6.14. The second-order valence-electron chi connectivity index (χ2n) is 7.70. The predicted octanol–water partition coefficient (Wildman–Crippen LogP) is 3.03. The van der Waals surface area contributed by atoms with Crippen molar-refractivity contribution >= 4 is 34.5 Å². The van der Waals surface area contributed by atoms with E-state index in [2.05, 4.69) is 21.7 Å². The summed E-state index contributed by atoms with van der Waals surface area (Å²) in [6, 6.07) is 11.8. The average molecular weight is 395 g/mol. The summed E-state index contributed by atoms with van der Waals surface area (Å²) in [5.74, 6) is 0.0972. The summed E-state index contributed by atoms with van der Waals surface area (Å²) in [5.41, 5.74) is 0.512. The van der Waals surface area contributed by atoms with Crippen LogP contribution in [0.25, 0.3) is 10.9 Å². The van der Waals surface area contributed by atoms with Crippen LogP contribution in [0.1, 0.15) is 43.0 Å². The quantitative estimate of drug-likeness (QED) is 0.704. The number of nitrogens with one attached hydrogen (secondary N) is 2. The van der Waals surface area contributed by atoms with Crippen LogP contribution < -0.4 is 10.6 Å². The van der Waals surface area contributed by atoms with Gasteiger partial charge in [-0.05, 0) is 50.7 Å². The highest BCUT2D eigenvalue weighted by molar-refractivity contribution is 7.99. The second-order valence-corrected chi connectivity index (χ2v) is 8.69. The van der Waals surface area contributed by atoms with E-state index >= 15 is 0 Å². The zero-order chi connectivity index (χ0) is 19.7. The molecule has 28 heavy (non-hydrogen) atoms. The maximum Gasteiger partial charge on any atom is 0.252 e. The molecule has 1 heterocycles. The van der Waals surface area contributed by atoms with Gasteiger partial charge in [0.2, 0.25) is 5.91 Å². The molecule has 2 amide bonds. The summed E-state index contributed by atoms with van der Waals surface area (Å²) in [5, 5.41) is 16.7. The lowest BCUT2D eigenvalue weighted by Crippen LogP contribution is -2.47. The first-order valence-electron chi connectivity index (χ1n) is 9.54. The highest BCUT2D eigenvalue weighted by atomic mass is 32.2. The fourth-order valence-corrected chi connectivity index (χ4v) is 3.97. The fourth-order valence-electron chi connectivity index (χ4n) is 3.25. The molecule has 0 spiro atoms. The van der Waals surface area contributed by atoms with Crippen molar-refractivity contribution in [3.63, 3.8) is 0 Å². The van der Waals surface area contributed by atoms with E-state index in [1.54, 1.807) is 13.0 Å². The Morgan fingerprint density at radius 1 is 1.29 bits per heavy atom. The van der Waals surface area contributed by atoms with Gasteiger partial charge in [-0.15, -0.1) is 0 Å². The molecule has 0 aliphatic heterocycles. The molecule has 2 saturated carbocycles. The Morgan fingerprint density at radius 2 is 2.04 bits per heavy atom. The zero-order valence-electron chi connectivity index (χ0n) is 15.7. The van der Waals surface area contributed by atoms with Gasteiger partial charge in [0, 0.05) is 11.4 Å². The molecule has 2 aromatic rings. The maximum absolute atomic E-state index is 12.6. The van der Waals surface area contributed by atoms with Crippen LogP contribution >= 0.6 is 11.8 Å². The first-order chi connectivity index (χ1) is 13.5. The number of hydrogen-bond donors (Lipinski definition) is 2. The number of hydrogen-bond acceptors (Lipinski definition) is 5. The molecule has 144 valence electrons. The van der Waals surface area contributed by atoms with E-state index in [1.807, 2.05) is 24.3 Å². The van der Waals surface area contributed by atoms with Crippen molar-refractivity contribution < 1.29 is 9.59 Å². The topological polar surface area (TPSA) is 94.9 Å². The van der Waals surface area contributed by atoms with E-state index in [9.17, 15) is 14.9 Å². The number of thioether (sulfide) groups is 1. The van der Waals surface area contributed by atoms with Crippen molar-refractivity contribution in [3.8, 4) is 6.07 Å². The van der Waals surface area contributed by atoms with Gasteiger partial charge in [0.05, 0.1) is 27.9 Å². The number of rotatable bonds is 7. The summed E-state index contributed by atoms with van der Waals surface area (Å²) in [4.78, 5) is 29.6. The van der Waals surface area contributed by atoms with Crippen LogP contribution in [0.3, 0.4) is 0 Å². The van der Waals surface area contributed by atoms with Crippen molar-refractivity contribution in [2.24, 2.45) is 5.92 Å². The van der Waals surface area contributed by atoms with Crippen LogP contribution in [-0.2, 0) is 4.79 Å². The molecule has 0 bridgehead atoms. The number of carbonyl (C=O) groups excluding carboxylic acids is 2. The molecular formula is C21H22N4O2S. The largest absolute Gasteiger partial charge is 0.349 e. The fraction of sp³-hybridized carbons (Fsp3) is 0.429. The van der Waals surface area contributed by atoms with E-state index in [0.29, 0.717) is 10.6 Å². The van der Waals surface area contributed by atoms with E-state index in [-0.39, 0.29) is 29.5 Å². The van der Waals surface area contributed by atoms with Crippen LogP contribution in [0, 0.1) is 17.2 Å². The zero-order valence-corrected chi connectivity index (χ0v) is 16.5. The number of fused-ring (bicyclic) bond motifs is 1. The molecule has 0 saturated heterocycles. The third kappa shape index (κ3) is 4.12. The normalized spacial score (nSPS) is 18.1. The molecule has 2 N–H and O–H groups in total. The molecule has 6 nitrogen and oxygen atoms in total. The third-order valence-electron chi connectivity index (χ3n) is 5.23. The second kappa shape index (κ2) is 7.44. The summed E-state index contributed by atoms with van der Waals surface area (Å²) in [6.07, 6.45) is 4.00. The molecule has 2 aliphatic rings. The minimum absolute atomic E-state index is 0.0989. The van der Waals surface area contributed by atoms with Crippen LogP contribution in [0.2, 0.25) is 0 Å². The van der Waals surface area contributed by atoms with E-state index in [4.69, 9.17) is 0 Å². The number of aromatic nitrogens is 1. The number of para-hydroxylation sites is 1. The van der Waals surface area contributed by atoms with Crippen molar-refractivity contribution in [2.75, 3.05) is 5.75 Å². The molecule has 0 radical (unpaired) electrons. The van der Waals surface area contributed by atoms with Crippen molar-refractivity contribution in [3.05, 3.63) is 35.9 Å². The summed E-state index contributed by atoms with van der Waals surface area (Å²) < 4.78 is 0. The van der Waals surface area contributed by atoms with Gasteiger partial charge in [0.25, 0.3) is 5.91 Å². The molecule has 1 unspecified atom stereocenters. The predicted molar refractivity (Wildman–Crippen MR) is 108 cm³/mol. The van der Waals surface area contributed by atoms with Gasteiger partial charge >= 0.3 is 0 Å². The first kappa shape index (κ1) is 18.8. The number of pyridine rings is 1. The summed E-state index contributed by atoms with van der Waals surface area (Å²) >= 11 is 1.28. The number of nitrogens with zero attached hydrogens (tertiary/aromatic N) is 2. The van der Waals surface area contributed by atoms with Crippen LogP contribution in [0.15, 0.2) is 35.4 Å². The van der Waals surface area contributed by atoms with E-state index in [0.717, 1.165) is 36.6 Å². The van der Waals surface area contributed by atoms with Crippen molar-refractivity contribution in [1.82, 2.24) is 15.6 Å². The number of carbonyl (C=O) groups is 2. The van der Waals surface area contributed by atoms with Crippen molar-refractivity contribution in [2.45, 2.75) is 49.2 Å². The Bertz CT molecular complexity index is 978. The molecule has 2 fully saturated rings. The standard InChI is InChI=1S/C21H22N4O2S/c1-21(12-22,13-6-7-13)25-18(26)11-28-19-10-16(20(27)23-14-8-9-14)15-4-2-3-5-17(15)24-19/h2-5,10,13-14H,6-9,11H2,1H3,(H,23,27)(H,25,26). The molecule has 4 rings (SSSR count). The molecule has 2 aliphatic carbocycles. The molecule has 7 heteroatoms. The lowest BCUT2D eigenvalue weighted by Gasteiger charge is -2.22. The molecule has 1 aromatic carbocycles. The Balaban J connectivity index is 1.49. The first-order valence-corrected chi connectivity index (χ1v) is 10.5. The summed E-state index contributed by atoms with van der Waals surface area (Å²) in [7, 11) is 0. The highest BCUT2D eigenvalue weighted by Crippen LogP contribution is 2.39.